The van der Waals surface area contributed by atoms with E-state index in [0.29, 0.717) is 6.42 Å². The van der Waals surface area contributed by atoms with Crippen LogP contribution in [-0.4, -0.2) is 19.2 Å². The van der Waals surface area contributed by atoms with E-state index in [-0.39, 0.29) is 0 Å². The summed E-state index contributed by atoms with van der Waals surface area (Å²) in [6.07, 6.45) is 2.51. The monoisotopic (exact) mass is 371 g/mol. The average Bonchev–Trinajstić information content (AvgIpc) is 2.57. The van der Waals surface area contributed by atoms with Gasteiger partial charge in [0.05, 0.1) is 14.2 Å². The SMILES string of the molecule is COc1c(C)c(Cc2ccc(Br)cn2)c(OC)c2ccccc12. The van der Waals surface area contributed by atoms with Gasteiger partial charge >= 0.3 is 0 Å². The van der Waals surface area contributed by atoms with E-state index in [2.05, 4.69) is 40.0 Å². The van der Waals surface area contributed by atoms with Crippen LogP contribution in [0.3, 0.4) is 0 Å². The largest absolute Gasteiger partial charge is 0.496 e. The summed E-state index contributed by atoms with van der Waals surface area (Å²) in [4.78, 5) is 4.48. The second kappa shape index (κ2) is 6.59. The predicted molar refractivity (Wildman–Crippen MR) is 96.5 cm³/mol. The van der Waals surface area contributed by atoms with Crippen molar-refractivity contribution in [2.75, 3.05) is 14.2 Å². The molecule has 0 fully saturated rings. The van der Waals surface area contributed by atoms with Crippen LogP contribution in [0.5, 0.6) is 11.5 Å². The zero-order chi connectivity index (χ0) is 16.4. The molecule has 2 aromatic carbocycles. The Labute approximate surface area is 144 Å². The van der Waals surface area contributed by atoms with Crippen molar-refractivity contribution in [3.05, 3.63) is 63.9 Å². The van der Waals surface area contributed by atoms with Crippen LogP contribution in [0.25, 0.3) is 10.8 Å². The molecule has 0 amide bonds. The van der Waals surface area contributed by atoms with Crippen LogP contribution in [-0.2, 0) is 6.42 Å². The number of rotatable bonds is 4. The highest BCUT2D eigenvalue weighted by Crippen LogP contribution is 2.41. The van der Waals surface area contributed by atoms with Crippen molar-refractivity contribution in [1.29, 1.82) is 0 Å². The predicted octanol–water partition coefficient (Wildman–Crippen LogP) is 4.91. The molecule has 3 aromatic rings. The van der Waals surface area contributed by atoms with Gasteiger partial charge in [0.1, 0.15) is 11.5 Å². The van der Waals surface area contributed by atoms with Crippen molar-refractivity contribution in [1.82, 2.24) is 4.98 Å². The van der Waals surface area contributed by atoms with Gasteiger partial charge in [0.15, 0.2) is 0 Å². The average molecular weight is 372 g/mol. The number of benzene rings is 2. The number of methoxy groups -OCH3 is 2. The van der Waals surface area contributed by atoms with E-state index in [1.54, 1.807) is 14.2 Å². The van der Waals surface area contributed by atoms with E-state index in [4.69, 9.17) is 9.47 Å². The molecule has 3 rings (SSSR count). The van der Waals surface area contributed by atoms with E-state index in [0.717, 1.165) is 43.6 Å². The molecule has 0 unspecified atom stereocenters. The summed E-state index contributed by atoms with van der Waals surface area (Å²) < 4.78 is 12.4. The Morgan fingerprint density at radius 3 is 2.17 bits per heavy atom. The summed E-state index contributed by atoms with van der Waals surface area (Å²) >= 11 is 3.42. The van der Waals surface area contributed by atoms with Crippen LogP contribution < -0.4 is 9.47 Å². The third-order valence-corrected chi connectivity index (χ3v) is 4.51. The summed E-state index contributed by atoms with van der Waals surface area (Å²) in [5, 5.41) is 2.13. The molecule has 0 radical (unpaired) electrons. The molecule has 0 aliphatic heterocycles. The molecule has 0 saturated carbocycles. The molecular formula is C19H18BrNO2. The lowest BCUT2D eigenvalue weighted by Gasteiger charge is -2.18. The number of fused-ring (bicyclic) bond motifs is 1. The third kappa shape index (κ3) is 2.91. The summed E-state index contributed by atoms with van der Waals surface area (Å²) in [7, 11) is 3.43. The van der Waals surface area contributed by atoms with Crippen molar-refractivity contribution in [3.8, 4) is 11.5 Å². The van der Waals surface area contributed by atoms with Crippen molar-refractivity contribution in [2.45, 2.75) is 13.3 Å². The number of hydrogen-bond acceptors (Lipinski definition) is 3. The number of pyridine rings is 1. The fourth-order valence-corrected chi connectivity index (χ4v) is 3.19. The van der Waals surface area contributed by atoms with E-state index in [1.165, 1.54) is 0 Å². The molecule has 23 heavy (non-hydrogen) atoms. The molecule has 0 aliphatic carbocycles. The lowest BCUT2D eigenvalue weighted by atomic mass is 9.95. The van der Waals surface area contributed by atoms with Gasteiger partial charge in [-0.3, -0.25) is 4.98 Å². The van der Waals surface area contributed by atoms with Crippen molar-refractivity contribution in [2.24, 2.45) is 0 Å². The van der Waals surface area contributed by atoms with Gasteiger partial charge in [0.2, 0.25) is 0 Å². The highest BCUT2D eigenvalue weighted by molar-refractivity contribution is 9.10. The first kappa shape index (κ1) is 15.8. The molecular weight excluding hydrogens is 354 g/mol. The number of nitrogens with zero attached hydrogens (tertiary/aromatic N) is 1. The minimum atomic E-state index is 0.698. The van der Waals surface area contributed by atoms with Gasteiger partial charge < -0.3 is 9.47 Å². The Kier molecular flexibility index (Phi) is 4.53. The smallest absolute Gasteiger partial charge is 0.130 e. The molecule has 4 heteroatoms. The summed E-state index contributed by atoms with van der Waals surface area (Å²) in [6, 6.07) is 12.2. The van der Waals surface area contributed by atoms with Gasteiger partial charge in [-0.25, -0.2) is 0 Å². The van der Waals surface area contributed by atoms with Gasteiger partial charge in [-0.2, -0.15) is 0 Å². The van der Waals surface area contributed by atoms with E-state index >= 15 is 0 Å². The molecule has 3 nitrogen and oxygen atoms in total. The number of ether oxygens (including phenoxy) is 2. The van der Waals surface area contributed by atoms with Gasteiger partial charge in [-0.15, -0.1) is 0 Å². The Morgan fingerprint density at radius 1 is 0.957 bits per heavy atom. The molecule has 118 valence electrons. The normalized spacial score (nSPS) is 10.8. The fraction of sp³-hybridized carbons (Fsp3) is 0.211. The molecule has 0 bridgehead atoms. The van der Waals surface area contributed by atoms with Gasteiger partial charge in [0, 0.05) is 39.1 Å². The van der Waals surface area contributed by atoms with Crippen LogP contribution in [0.1, 0.15) is 16.8 Å². The molecule has 1 aromatic heterocycles. The number of halogens is 1. The standard InChI is InChI=1S/C19H18BrNO2/c1-12-17(10-14-9-8-13(20)11-21-14)19(23-3)16-7-5-4-6-15(16)18(12)22-2/h4-9,11H,10H2,1-3H3. The van der Waals surface area contributed by atoms with Crippen LogP contribution in [0.4, 0.5) is 0 Å². The van der Waals surface area contributed by atoms with Crippen LogP contribution >= 0.6 is 15.9 Å². The van der Waals surface area contributed by atoms with Crippen LogP contribution in [0.2, 0.25) is 0 Å². The van der Waals surface area contributed by atoms with Crippen molar-refractivity contribution >= 4 is 26.7 Å². The second-order valence-electron chi connectivity index (χ2n) is 5.36. The van der Waals surface area contributed by atoms with E-state index in [1.807, 2.05) is 30.5 Å². The maximum absolute atomic E-state index is 5.74. The lowest BCUT2D eigenvalue weighted by molar-refractivity contribution is 0.404. The summed E-state index contributed by atoms with van der Waals surface area (Å²) in [6.45, 7) is 2.07. The minimum absolute atomic E-state index is 0.698. The quantitative estimate of drug-likeness (QED) is 0.652. The second-order valence-corrected chi connectivity index (χ2v) is 6.28. The molecule has 1 heterocycles. The summed E-state index contributed by atoms with van der Waals surface area (Å²) in [5.41, 5.74) is 3.19. The molecule has 0 N–H and O–H groups in total. The molecule has 0 saturated heterocycles. The first-order valence-corrected chi connectivity index (χ1v) is 8.17. The number of aromatic nitrogens is 1. The molecule has 0 aliphatic rings. The van der Waals surface area contributed by atoms with Gasteiger partial charge in [0.25, 0.3) is 0 Å². The maximum Gasteiger partial charge on any atom is 0.130 e. The first-order valence-electron chi connectivity index (χ1n) is 7.38. The first-order chi connectivity index (χ1) is 11.2. The Hall–Kier alpha value is -2.07. The Morgan fingerprint density at radius 2 is 1.61 bits per heavy atom. The molecule has 0 spiro atoms. The van der Waals surface area contributed by atoms with Crippen molar-refractivity contribution in [3.63, 3.8) is 0 Å². The van der Waals surface area contributed by atoms with Crippen LogP contribution in [0.15, 0.2) is 47.1 Å². The highest BCUT2D eigenvalue weighted by atomic mass is 79.9. The zero-order valence-electron chi connectivity index (χ0n) is 13.4. The number of hydrogen-bond donors (Lipinski definition) is 0. The fourth-order valence-electron chi connectivity index (χ4n) is 2.95. The maximum atomic E-state index is 5.74. The third-order valence-electron chi connectivity index (χ3n) is 4.04. The van der Waals surface area contributed by atoms with Gasteiger partial charge in [-0.1, -0.05) is 24.3 Å². The van der Waals surface area contributed by atoms with Crippen molar-refractivity contribution < 1.29 is 9.47 Å². The zero-order valence-corrected chi connectivity index (χ0v) is 15.0. The Balaban J connectivity index is 2.22. The van der Waals surface area contributed by atoms with E-state index in [9.17, 15) is 0 Å². The van der Waals surface area contributed by atoms with E-state index < -0.39 is 0 Å². The minimum Gasteiger partial charge on any atom is -0.496 e. The van der Waals surface area contributed by atoms with Gasteiger partial charge in [-0.05, 0) is 40.5 Å². The Bertz CT molecular complexity index is 844. The highest BCUT2D eigenvalue weighted by Gasteiger charge is 2.18. The lowest BCUT2D eigenvalue weighted by Crippen LogP contribution is -2.02. The van der Waals surface area contributed by atoms with Crippen LogP contribution in [0, 0.1) is 6.92 Å². The summed E-state index contributed by atoms with van der Waals surface area (Å²) in [5.74, 6) is 1.79. The topological polar surface area (TPSA) is 31.4 Å². The molecule has 0 atom stereocenters.